The van der Waals surface area contributed by atoms with Gasteiger partial charge in [0.15, 0.2) is 5.96 Å². The maximum absolute atomic E-state index is 11.7. The van der Waals surface area contributed by atoms with Gasteiger partial charge in [-0.2, -0.15) is 0 Å². The molecule has 10 heteroatoms. The maximum atomic E-state index is 11.7. The van der Waals surface area contributed by atoms with E-state index in [9.17, 15) is 9.59 Å². The van der Waals surface area contributed by atoms with Crippen LogP contribution in [0.25, 0.3) is 0 Å². The predicted molar refractivity (Wildman–Crippen MR) is 106 cm³/mol. The molecule has 146 valence electrons. The summed E-state index contributed by atoms with van der Waals surface area (Å²) in [4.78, 5) is 31.5. The second-order valence-corrected chi connectivity index (χ2v) is 5.19. The number of nitrogens with one attached hydrogen (secondary N) is 2. The summed E-state index contributed by atoms with van der Waals surface area (Å²) in [5, 5.41) is 5.91. The van der Waals surface area contributed by atoms with Crippen LogP contribution in [0.15, 0.2) is 4.99 Å². The number of amides is 2. The van der Waals surface area contributed by atoms with E-state index in [2.05, 4.69) is 15.6 Å². The molecule has 25 heavy (non-hydrogen) atoms. The van der Waals surface area contributed by atoms with Crippen molar-refractivity contribution in [2.24, 2.45) is 4.99 Å². The number of ether oxygens (including phenoxy) is 2. The van der Waals surface area contributed by atoms with Gasteiger partial charge in [0, 0.05) is 46.4 Å². The van der Waals surface area contributed by atoms with Crippen LogP contribution in [0.1, 0.15) is 13.8 Å². The molecule has 0 spiro atoms. The Balaban J connectivity index is 0.00000576. The van der Waals surface area contributed by atoms with E-state index >= 15 is 0 Å². The zero-order valence-corrected chi connectivity index (χ0v) is 17.6. The zero-order valence-electron chi connectivity index (χ0n) is 15.2. The van der Waals surface area contributed by atoms with Crippen molar-refractivity contribution in [2.45, 2.75) is 13.8 Å². The fraction of sp³-hybridized carbons (Fsp3) is 0.800. The first-order chi connectivity index (χ1) is 11.6. The smallest absolute Gasteiger partial charge is 0.409 e. The third kappa shape index (κ3) is 9.10. The molecule has 1 aliphatic rings. The number of aliphatic imine (C=N–C) groups is 1. The van der Waals surface area contributed by atoms with Gasteiger partial charge in [-0.3, -0.25) is 4.79 Å². The minimum absolute atomic E-state index is 0. The van der Waals surface area contributed by atoms with Crippen molar-refractivity contribution < 1.29 is 19.1 Å². The van der Waals surface area contributed by atoms with Gasteiger partial charge in [-0.05, 0) is 13.8 Å². The van der Waals surface area contributed by atoms with E-state index in [0.29, 0.717) is 58.4 Å². The summed E-state index contributed by atoms with van der Waals surface area (Å²) < 4.78 is 9.89. The van der Waals surface area contributed by atoms with Gasteiger partial charge in [0.25, 0.3) is 0 Å². The standard InChI is InChI=1S/C15H29N5O4.HI/c1-4-16-14(18-12-13(21)17-6-11-23-3)19-7-9-20(10-8-19)15(22)24-5-2;/h4-12H2,1-3H3,(H,16,18)(H,17,21);1H. The summed E-state index contributed by atoms with van der Waals surface area (Å²) in [7, 11) is 1.59. The van der Waals surface area contributed by atoms with Crippen LogP contribution >= 0.6 is 24.0 Å². The third-order valence-electron chi connectivity index (χ3n) is 3.44. The van der Waals surface area contributed by atoms with E-state index < -0.39 is 0 Å². The van der Waals surface area contributed by atoms with Crippen LogP contribution < -0.4 is 10.6 Å². The van der Waals surface area contributed by atoms with E-state index in [4.69, 9.17) is 9.47 Å². The van der Waals surface area contributed by atoms with E-state index in [1.165, 1.54) is 0 Å². The SMILES string of the molecule is CCNC(=NCC(=O)NCCOC)N1CCN(C(=O)OCC)CC1.I. The highest BCUT2D eigenvalue weighted by molar-refractivity contribution is 14.0. The van der Waals surface area contributed by atoms with Gasteiger partial charge in [-0.15, -0.1) is 24.0 Å². The molecule has 0 unspecified atom stereocenters. The molecule has 0 bridgehead atoms. The fourth-order valence-electron chi connectivity index (χ4n) is 2.24. The number of hydrogen-bond acceptors (Lipinski definition) is 5. The monoisotopic (exact) mass is 471 g/mol. The molecule has 0 radical (unpaired) electrons. The summed E-state index contributed by atoms with van der Waals surface area (Å²) >= 11 is 0. The molecule has 2 N–H and O–H groups in total. The second-order valence-electron chi connectivity index (χ2n) is 5.19. The number of halogens is 1. The Labute approximate surface area is 166 Å². The van der Waals surface area contributed by atoms with Crippen LogP contribution in [0, 0.1) is 0 Å². The van der Waals surface area contributed by atoms with Crippen LogP contribution in [-0.4, -0.2) is 93.9 Å². The van der Waals surface area contributed by atoms with Crippen LogP contribution in [0.3, 0.4) is 0 Å². The number of hydrogen-bond donors (Lipinski definition) is 2. The summed E-state index contributed by atoms with van der Waals surface area (Å²) in [6.45, 7) is 8.31. The minimum atomic E-state index is -0.281. The van der Waals surface area contributed by atoms with Crippen molar-refractivity contribution in [3.63, 3.8) is 0 Å². The average molecular weight is 471 g/mol. The van der Waals surface area contributed by atoms with E-state index in [1.54, 1.807) is 18.9 Å². The summed E-state index contributed by atoms with van der Waals surface area (Å²) in [5.41, 5.74) is 0. The maximum Gasteiger partial charge on any atom is 0.409 e. The van der Waals surface area contributed by atoms with Gasteiger partial charge in [0.1, 0.15) is 6.54 Å². The van der Waals surface area contributed by atoms with Gasteiger partial charge >= 0.3 is 6.09 Å². The lowest BCUT2D eigenvalue weighted by molar-refractivity contribution is -0.119. The number of nitrogens with zero attached hydrogens (tertiary/aromatic N) is 3. The minimum Gasteiger partial charge on any atom is -0.450 e. The number of carbonyl (C=O) groups excluding carboxylic acids is 2. The lowest BCUT2D eigenvalue weighted by atomic mass is 10.3. The molecule has 0 atom stereocenters. The molecule has 0 saturated carbocycles. The molecule has 0 aromatic rings. The van der Waals surface area contributed by atoms with Gasteiger partial charge in [-0.1, -0.05) is 0 Å². The highest BCUT2D eigenvalue weighted by Gasteiger charge is 2.23. The number of rotatable bonds is 7. The molecule has 1 rings (SSSR count). The lowest BCUT2D eigenvalue weighted by Crippen LogP contribution is -2.54. The van der Waals surface area contributed by atoms with Gasteiger partial charge < -0.3 is 29.9 Å². The Morgan fingerprint density at radius 1 is 1.08 bits per heavy atom. The Hall–Kier alpha value is -1.30. The van der Waals surface area contributed by atoms with Gasteiger partial charge in [0.2, 0.25) is 5.91 Å². The van der Waals surface area contributed by atoms with Crippen LogP contribution in [0.4, 0.5) is 4.79 Å². The highest BCUT2D eigenvalue weighted by atomic mass is 127. The van der Waals surface area contributed by atoms with Crippen molar-refractivity contribution in [2.75, 3.05) is 66.1 Å². The van der Waals surface area contributed by atoms with Crippen molar-refractivity contribution in [1.29, 1.82) is 0 Å². The van der Waals surface area contributed by atoms with Crippen molar-refractivity contribution in [1.82, 2.24) is 20.4 Å². The Morgan fingerprint density at radius 3 is 2.28 bits per heavy atom. The Bertz CT molecular complexity index is 428. The van der Waals surface area contributed by atoms with Crippen LogP contribution in [0.5, 0.6) is 0 Å². The molecule has 0 aromatic heterocycles. The van der Waals surface area contributed by atoms with Crippen molar-refractivity contribution >= 4 is 41.9 Å². The van der Waals surface area contributed by atoms with Crippen LogP contribution in [0.2, 0.25) is 0 Å². The largest absolute Gasteiger partial charge is 0.450 e. The Morgan fingerprint density at radius 2 is 1.72 bits per heavy atom. The van der Waals surface area contributed by atoms with E-state index in [-0.39, 0.29) is 42.5 Å². The highest BCUT2D eigenvalue weighted by Crippen LogP contribution is 2.04. The number of guanidine groups is 1. The molecule has 9 nitrogen and oxygen atoms in total. The fourth-order valence-corrected chi connectivity index (χ4v) is 2.24. The first-order valence-corrected chi connectivity index (χ1v) is 8.32. The summed E-state index contributed by atoms with van der Waals surface area (Å²) in [5.74, 6) is 0.538. The molecule has 0 aliphatic carbocycles. The molecule has 1 heterocycles. The molecule has 2 amide bonds. The number of piperazine rings is 1. The summed E-state index contributed by atoms with van der Waals surface area (Å²) in [6, 6.07) is 0. The van der Waals surface area contributed by atoms with E-state index in [0.717, 1.165) is 0 Å². The average Bonchev–Trinajstić information content (AvgIpc) is 2.59. The van der Waals surface area contributed by atoms with E-state index in [1.807, 2.05) is 11.8 Å². The second kappa shape index (κ2) is 13.9. The van der Waals surface area contributed by atoms with Crippen LogP contribution in [-0.2, 0) is 14.3 Å². The Kier molecular flexibility index (Phi) is 13.2. The zero-order chi connectivity index (χ0) is 17.8. The normalized spacial score (nSPS) is 14.6. The first kappa shape index (κ1) is 23.7. The van der Waals surface area contributed by atoms with Gasteiger partial charge in [0.05, 0.1) is 13.2 Å². The van der Waals surface area contributed by atoms with Gasteiger partial charge in [-0.25, -0.2) is 9.79 Å². The van der Waals surface area contributed by atoms with Crippen molar-refractivity contribution in [3.8, 4) is 0 Å². The topological polar surface area (TPSA) is 95.5 Å². The molecule has 0 aromatic carbocycles. The first-order valence-electron chi connectivity index (χ1n) is 8.32. The lowest BCUT2D eigenvalue weighted by Gasteiger charge is -2.35. The molecular formula is C15H30IN5O4. The number of methoxy groups -OCH3 is 1. The molecular weight excluding hydrogens is 441 g/mol. The molecule has 1 saturated heterocycles. The number of carbonyl (C=O) groups is 2. The van der Waals surface area contributed by atoms with Crippen molar-refractivity contribution in [3.05, 3.63) is 0 Å². The predicted octanol–water partition coefficient (Wildman–Crippen LogP) is 0.107. The quantitative estimate of drug-likeness (QED) is 0.237. The summed E-state index contributed by atoms with van der Waals surface area (Å²) in [6.07, 6.45) is -0.281. The molecule has 1 fully saturated rings. The molecule has 1 aliphatic heterocycles. The third-order valence-corrected chi connectivity index (χ3v) is 3.44.